The highest BCUT2D eigenvalue weighted by molar-refractivity contribution is 6.05. The molecule has 6 nitrogen and oxygen atoms in total. The van der Waals surface area contributed by atoms with E-state index >= 15 is 0 Å². The van der Waals surface area contributed by atoms with Gasteiger partial charge in [-0.15, -0.1) is 12.4 Å². The molecular formula is C19H20ClN3O3. The molecule has 0 aromatic heterocycles. The number of benzene rings is 2. The van der Waals surface area contributed by atoms with Crippen LogP contribution >= 0.6 is 12.4 Å². The lowest BCUT2D eigenvalue weighted by atomic mass is 10.00. The fraction of sp³-hybridized carbons (Fsp3) is 0.263. The number of fused-ring (bicyclic) bond motifs is 2. The van der Waals surface area contributed by atoms with E-state index in [-0.39, 0.29) is 24.2 Å². The van der Waals surface area contributed by atoms with Gasteiger partial charge in [0.15, 0.2) is 0 Å². The Bertz CT molecular complexity index is 854. The number of rotatable bonds is 2. The van der Waals surface area contributed by atoms with Crippen LogP contribution < -0.4 is 20.7 Å². The predicted molar refractivity (Wildman–Crippen MR) is 102 cm³/mol. The molecule has 7 heteroatoms. The van der Waals surface area contributed by atoms with E-state index in [2.05, 4.69) is 16.0 Å². The summed E-state index contributed by atoms with van der Waals surface area (Å²) in [5.41, 5.74) is 4.14. The Labute approximate surface area is 157 Å². The molecule has 0 bridgehead atoms. The molecule has 0 saturated heterocycles. The number of carbonyl (C=O) groups excluding carboxylic acids is 2. The zero-order valence-corrected chi connectivity index (χ0v) is 14.9. The maximum Gasteiger partial charge on any atom is 0.255 e. The largest absolute Gasteiger partial charge is 0.492 e. The summed E-state index contributed by atoms with van der Waals surface area (Å²) >= 11 is 0. The SMILES string of the molecule is Cl.O=C1CCc2cc(C(=O)Nc3ccc4c(c3)CNCCO4)ccc2N1. The molecule has 0 unspecified atom stereocenters. The van der Waals surface area contributed by atoms with E-state index in [1.54, 1.807) is 12.1 Å². The number of ether oxygens (including phenoxy) is 1. The molecule has 3 N–H and O–H groups in total. The summed E-state index contributed by atoms with van der Waals surface area (Å²) in [4.78, 5) is 24.0. The van der Waals surface area contributed by atoms with Gasteiger partial charge in [0.1, 0.15) is 12.4 Å². The van der Waals surface area contributed by atoms with Crippen molar-refractivity contribution in [2.24, 2.45) is 0 Å². The molecule has 2 aliphatic rings. The molecule has 26 heavy (non-hydrogen) atoms. The molecule has 2 aliphatic heterocycles. The highest BCUT2D eigenvalue weighted by Crippen LogP contribution is 2.26. The summed E-state index contributed by atoms with van der Waals surface area (Å²) < 4.78 is 5.65. The minimum atomic E-state index is -0.165. The van der Waals surface area contributed by atoms with Gasteiger partial charge >= 0.3 is 0 Å². The number of anilines is 2. The minimum absolute atomic E-state index is 0. The third-order valence-corrected chi connectivity index (χ3v) is 4.43. The lowest BCUT2D eigenvalue weighted by Crippen LogP contribution is -2.20. The highest BCUT2D eigenvalue weighted by Gasteiger charge is 2.17. The number of hydrogen-bond donors (Lipinski definition) is 3. The van der Waals surface area contributed by atoms with Gasteiger partial charge < -0.3 is 20.7 Å². The highest BCUT2D eigenvalue weighted by atomic mass is 35.5. The molecule has 2 heterocycles. The molecule has 0 saturated carbocycles. The molecule has 0 radical (unpaired) electrons. The van der Waals surface area contributed by atoms with Crippen LogP contribution in [0.3, 0.4) is 0 Å². The lowest BCUT2D eigenvalue weighted by Gasteiger charge is -2.17. The zero-order valence-electron chi connectivity index (χ0n) is 14.1. The van der Waals surface area contributed by atoms with E-state index in [0.29, 0.717) is 25.0 Å². The van der Waals surface area contributed by atoms with E-state index < -0.39 is 0 Å². The summed E-state index contributed by atoms with van der Waals surface area (Å²) in [6, 6.07) is 11.0. The normalized spacial score (nSPS) is 15.3. The molecule has 0 spiro atoms. The number of amides is 2. The fourth-order valence-corrected chi connectivity index (χ4v) is 3.12. The Morgan fingerprint density at radius 2 is 1.96 bits per heavy atom. The summed E-state index contributed by atoms with van der Waals surface area (Å²) in [7, 11) is 0. The second kappa shape index (κ2) is 7.76. The summed E-state index contributed by atoms with van der Waals surface area (Å²) in [6.07, 6.45) is 1.11. The van der Waals surface area contributed by atoms with Crippen LogP contribution in [0.2, 0.25) is 0 Å². The smallest absolute Gasteiger partial charge is 0.255 e. The van der Waals surface area contributed by atoms with Crippen molar-refractivity contribution in [3.8, 4) is 5.75 Å². The first-order valence-corrected chi connectivity index (χ1v) is 8.39. The first kappa shape index (κ1) is 18.2. The van der Waals surface area contributed by atoms with Crippen LogP contribution in [-0.2, 0) is 17.8 Å². The van der Waals surface area contributed by atoms with Crippen molar-refractivity contribution in [2.45, 2.75) is 19.4 Å². The van der Waals surface area contributed by atoms with Crippen LogP contribution in [0.5, 0.6) is 5.75 Å². The Morgan fingerprint density at radius 1 is 1.08 bits per heavy atom. The van der Waals surface area contributed by atoms with Crippen LogP contribution in [0.15, 0.2) is 36.4 Å². The van der Waals surface area contributed by atoms with E-state index in [1.165, 1.54) is 0 Å². The first-order valence-electron chi connectivity index (χ1n) is 8.39. The Hall–Kier alpha value is -2.57. The van der Waals surface area contributed by atoms with Gasteiger partial charge in [0.05, 0.1) is 0 Å². The van der Waals surface area contributed by atoms with Crippen molar-refractivity contribution in [1.29, 1.82) is 0 Å². The topological polar surface area (TPSA) is 79.5 Å². The summed E-state index contributed by atoms with van der Waals surface area (Å²) in [5, 5.41) is 9.04. The molecule has 2 amide bonds. The third-order valence-electron chi connectivity index (χ3n) is 4.43. The van der Waals surface area contributed by atoms with Gasteiger partial charge in [-0.25, -0.2) is 0 Å². The zero-order chi connectivity index (χ0) is 17.2. The predicted octanol–water partition coefficient (Wildman–Crippen LogP) is 2.73. The molecule has 0 aliphatic carbocycles. The van der Waals surface area contributed by atoms with Gasteiger partial charge in [0.25, 0.3) is 5.91 Å². The second-order valence-electron chi connectivity index (χ2n) is 6.22. The van der Waals surface area contributed by atoms with E-state index in [4.69, 9.17) is 4.74 Å². The van der Waals surface area contributed by atoms with Gasteiger partial charge in [-0.3, -0.25) is 9.59 Å². The molecule has 0 atom stereocenters. The summed E-state index contributed by atoms with van der Waals surface area (Å²) in [6.45, 7) is 2.17. The molecular weight excluding hydrogens is 354 g/mol. The molecule has 0 fully saturated rings. The Kier molecular flexibility index (Phi) is 5.44. The Balaban J connectivity index is 0.00000196. The van der Waals surface area contributed by atoms with Crippen LogP contribution in [0.25, 0.3) is 0 Å². The van der Waals surface area contributed by atoms with Crippen molar-refractivity contribution in [2.75, 3.05) is 23.8 Å². The van der Waals surface area contributed by atoms with E-state index in [1.807, 2.05) is 24.3 Å². The van der Waals surface area contributed by atoms with Crippen molar-refractivity contribution < 1.29 is 14.3 Å². The molecule has 2 aromatic rings. The van der Waals surface area contributed by atoms with Crippen LogP contribution in [0, 0.1) is 0 Å². The van der Waals surface area contributed by atoms with Gasteiger partial charge in [-0.05, 0) is 48.4 Å². The number of aryl methyl sites for hydroxylation is 1. The average Bonchev–Trinajstić information content (AvgIpc) is 2.86. The lowest BCUT2D eigenvalue weighted by molar-refractivity contribution is -0.116. The van der Waals surface area contributed by atoms with Crippen molar-refractivity contribution in [3.63, 3.8) is 0 Å². The number of nitrogens with one attached hydrogen (secondary N) is 3. The molecule has 4 rings (SSSR count). The van der Waals surface area contributed by atoms with Crippen LogP contribution in [0.4, 0.5) is 11.4 Å². The number of carbonyl (C=O) groups is 2. The molecule has 2 aromatic carbocycles. The van der Waals surface area contributed by atoms with Gasteiger partial charge in [-0.1, -0.05) is 0 Å². The minimum Gasteiger partial charge on any atom is -0.492 e. The first-order chi connectivity index (χ1) is 12.2. The van der Waals surface area contributed by atoms with Crippen molar-refractivity contribution >= 4 is 35.6 Å². The van der Waals surface area contributed by atoms with Crippen molar-refractivity contribution in [3.05, 3.63) is 53.1 Å². The van der Waals surface area contributed by atoms with Crippen molar-refractivity contribution in [1.82, 2.24) is 5.32 Å². The fourth-order valence-electron chi connectivity index (χ4n) is 3.12. The second-order valence-corrected chi connectivity index (χ2v) is 6.22. The monoisotopic (exact) mass is 373 g/mol. The van der Waals surface area contributed by atoms with Crippen LogP contribution in [0.1, 0.15) is 27.9 Å². The quantitative estimate of drug-likeness (QED) is 0.756. The van der Waals surface area contributed by atoms with Gasteiger partial charge in [-0.2, -0.15) is 0 Å². The maximum atomic E-state index is 12.6. The maximum absolute atomic E-state index is 12.6. The summed E-state index contributed by atoms with van der Waals surface area (Å²) in [5.74, 6) is 0.708. The van der Waals surface area contributed by atoms with Gasteiger partial charge in [0.2, 0.25) is 5.91 Å². The Morgan fingerprint density at radius 3 is 2.85 bits per heavy atom. The standard InChI is InChI=1S/C19H19N3O3.ClH/c23-18-6-2-12-9-13(1-4-16(12)22-18)19(24)21-15-3-5-17-14(10-15)11-20-7-8-25-17;/h1,3-5,9-10,20H,2,6-8,11H2,(H,21,24)(H,22,23);1H. The van der Waals surface area contributed by atoms with E-state index in [9.17, 15) is 9.59 Å². The number of hydrogen-bond acceptors (Lipinski definition) is 4. The van der Waals surface area contributed by atoms with Crippen LogP contribution in [-0.4, -0.2) is 25.0 Å². The molecule has 136 valence electrons. The van der Waals surface area contributed by atoms with E-state index in [0.717, 1.165) is 41.3 Å². The third kappa shape index (κ3) is 3.81. The number of halogens is 1. The van der Waals surface area contributed by atoms with Gasteiger partial charge in [0, 0.05) is 42.0 Å². The average molecular weight is 374 g/mol.